The maximum absolute atomic E-state index is 12.2. The van der Waals surface area contributed by atoms with Crippen molar-refractivity contribution in [2.75, 3.05) is 53.4 Å². The summed E-state index contributed by atoms with van der Waals surface area (Å²) in [5.74, 6) is 0.766. The smallest absolute Gasteiger partial charge is 0.234 e. The van der Waals surface area contributed by atoms with Gasteiger partial charge in [-0.05, 0) is 45.9 Å². The van der Waals surface area contributed by atoms with E-state index < -0.39 is 0 Å². The lowest BCUT2D eigenvalue weighted by molar-refractivity contribution is -0.123. The molecule has 0 aliphatic carbocycles. The summed E-state index contributed by atoms with van der Waals surface area (Å²) < 4.78 is 0. The average Bonchev–Trinajstić information content (AvgIpc) is 2.55. The molecule has 0 aromatic heterocycles. The van der Waals surface area contributed by atoms with Crippen molar-refractivity contribution in [1.29, 1.82) is 0 Å². The first-order valence-corrected chi connectivity index (χ1v) is 7.84. The van der Waals surface area contributed by atoms with Crippen LogP contribution in [-0.4, -0.2) is 75.1 Å². The summed E-state index contributed by atoms with van der Waals surface area (Å²) in [5.41, 5.74) is 0. The molecule has 0 aromatic rings. The first kappa shape index (κ1) is 17.4. The molecule has 1 fully saturated rings. The van der Waals surface area contributed by atoms with Crippen LogP contribution in [0, 0.1) is 5.92 Å². The fraction of sp³-hybridized carbons (Fsp3) is 0.933. The van der Waals surface area contributed by atoms with Gasteiger partial charge in [0.2, 0.25) is 5.91 Å². The van der Waals surface area contributed by atoms with E-state index in [0.717, 1.165) is 45.6 Å². The number of nitrogens with zero attached hydrogens (tertiary/aromatic N) is 2. The van der Waals surface area contributed by atoms with Gasteiger partial charge in [-0.15, -0.1) is 0 Å². The van der Waals surface area contributed by atoms with Gasteiger partial charge >= 0.3 is 0 Å². The van der Waals surface area contributed by atoms with Crippen molar-refractivity contribution in [2.45, 2.75) is 32.7 Å². The zero-order valence-corrected chi connectivity index (χ0v) is 13.6. The fourth-order valence-corrected chi connectivity index (χ4v) is 2.73. The Morgan fingerprint density at radius 3 is 2.70 bits per heavy atom. The molecule has 20 heavy (non-hydrogen) atoms. The molecule has 118 valence electrons. The second-order valence-corrected chi connectivity index (χ2v) is 6.54. The molecule has 1 heterocycles. The Hall–Kier alpha value is -0.650. The number of amides is 1. The second-order valence-electron chi connectivity index (χ2n) is 6.54. The van der Waals surface area contributed by atoms with Crippen LogP contribution in [0.1, 0.15) is 26.7 Å². The normalized spacial score (nSPS) is 19.1. The molecule has 0 radical (unpaired) electrons. The third-order valence-corrected chi connectivity index (χ3v) is 3.51. The molecule has 0 spiro atoms. The van der Waals surface area contributed by atoms with Gasteiger partial charge in [0, 0.05) is 25.7 Å². The highest BCUT2D eigenvalue weighted by atomic mass is 16.2. The van der Waals surface area contributed by atoms with E-state index in [1.165, 1.54) is 0 Å². The van der Waals surface area contributed by atoms with Crippen LogP contribution in [0.3, 0.4) is 0 Å². The number of carbonyl (C=O) groups is 1. The first-order valence-electron chi connectivity index (χ1n) is 7.84. The maximum Gasteiger partial charge on any atom is 0.234 e. The molecule has 1 amide bonds. The summed E-state index contributed by atoms with van der Waals surface area (Å²) in [6.45, 7) is 9.88. The van der Waals surface area contributed by atoms with Crippen LogP contribution in [0.5, 0.6) is 0 Å². The second kappa shape index (κ2) is 9.32. The maximum atomic E-state index is 12.2. The highest BCUT2D eigenvalue weighted by Gasteiger charge is 2.17. The zero-order chi connectivity index (χ0) is 15.0. The number of hydrogen-bond acceptors (Lipinski definition) is 4. The van der Waals surface area contributed by atoms with Crippen LogP contribution in [0.15, 0.2) is 0 Å². The predicted octanol–water partition coefficient (Wildman–Crippen LogP) is 0.374. The first-order chi connectivity index (χ1) is 9.47. The van der Waals surface area contributed by atoms with E-state index in [1.54, 1.807) is 0 Å². The van der Waals surface area contributed by atoms with Gasteiger partial charge in [0.25, 0.3) is 0 Å². The van der Waals surface area contributed by atoms with Gasteiger partial charge < -0.3 is 15.5 Å². The largest absolute Gasteiger partial charge is 0.351 e. The highest BCUT2D eigenvalue weighted by molar-refractivity contribution is 5.78. The number of hydrogen-bond donors (Lipinski definition) is 2. The number of rotatable bonds is 7. The van der Waals surface area contributed by atoms with Crippen LogP contribution in [0.25, 0.3) is 0 Å². The van der Waals surface area contributed by atoms with Crippen molar-refractivity contribution in [3.05, 3.63) is 0 Å². The number of likely N-dealkylation sites (N-methyl/N-ethyl adjacent to an activating group) is 1. The van der Waals surface area contributed by atoms with E-state index in [9.17, 15) is 4.79 Å². The molecule has 1 rings (SSSR count). The van der Waals surface area contributed by atoms with Gasteiger partial charge in [-0.25, -0.2) is 0 Å². The minimum absolute atomic E-state index is 0.166. The van der Waals surface area contributed by atoms with Crippen LogP contribution >= 0.6 is 0 Å². The van der Waals surface area contributed by atoms with Gasteiger partial charge in [-0.2, -0.15) is 0 Å². The molecule has 1 aliphatic heterocycles. The van der Waals surface area contributed by atoms with E-state index in [4.69, 9.17) is 0 Å². The predicted molar refractivity (Wildman–Crippen MR) is 83.9 cm³/mol. The minimum atomic E-state index is 0.166. The molecule has 1 aliphatic rings. The van der Waals surface area contributed by atoms with Crippen LogP contribution in [0.2, 0.25) is 0 Å². The monoisotopic (exact) mass is 284 g/mol. The van der Waals surface area contributed by atoms with Crippen LogP contribution in [-0.2, 0) is 4.79 Å². The molecular weight excluding hydrogens is 252 g/mol. The summed E-state index contributed by atoms with van der Waals surface area (Å²) >= 11 is 0. The van der Waals surface area contributed by atoms with Crippen molar-refractivity contribution >= 4 is 5.91 Å². The van der Waals surface area contributed by atoms with Gasteiger partial charge in [-0.3, -0.25) is 9.69 Å². The van der Waals surface area contributed by atoms with Crippen molar-refractivity contribution in [2.24, 2.45) is 5.92 Å². The quantitative estimate of drug-likeness (QED) is 0.709. The lowest BCUT2D eigenvalue weighted by Crippen LogP contribution is -2.47. The molecule has 0 aromatic carbocycles. The van der Waals surface area contributed by atoms with Gasteiger partial charge in [0.05, 0.1) is 6.54 Å². The van der Waals surface area contributed by atoms with Gasteiger partial charge in [0.15, 0.2) is 0 Å². The SMILES string of the molecule is CC(C)CC(CN(C)C)NC(=O)CN1CCCNCC1. The lowest BCUT2D eigenvalue weighted by atomic mass is 10.0. The average molecular weight is 284 g/mol. The van der Waals surface area contributed by atoms with Crippen molar-refractivity contribution < 1.29 is 4.79 Å². The van der Waals surface area contributed by atoms with E-state index in [0.29, 0.717) is 12.5 Å². The Labute approximate surface area is 124 Å². The molecular formula is C15H32N4O. The molecule has 1 unspecified atom stereocenters. The van der Waals surface area contributed by atoms with Crippen LogP contribution in [0.4, 0.5) is 0 Å². The summed E-state index contributed by atoms with van der Waals surface area (Å²) in [4.78, 5) is 16.6. The Kier molecular flexibility index (Phi) is 8.11. The van der Waals surface area contributed by atoms with E-state index in [1.807, 2.05) is 0 Å². The summed E-state index contributed by atoms with van der Waals surface area (Å²) in [6, 6.07) is 0.252. The Bertz CT molecular complexity index is 263. The van der Waals surface area contributed by atoms with E-state index >= 15 is 0 Å². The third kappa shape index (κ3) is 7.82. The van der Waals surface area contributed by atoms with Gasteiger partial charge in [-0.1, -0.05) is 13.8 Å². The Morgan fingerprint density at radius 2 is 2.05 bits per heavy atom. The fourth-order valence-electron chi connectivity index (χ4n) is 2.73. The zero-order valence-electron chi connectivity index (χ0n) is 13.6. The number of carbonyl (C=O) groups excluding carboxylic acids is 1. The standard InChI is InChI=1S/C15H32N4O/c1-13(2)10-14(11-18(3)4)17-15(20)12-19-8-5-6-16-7-9-19/h13-14,16H,5-12H2,1-4H3,(H,17,20). The Balaban J connectivity index is 2.39. The Morgan fingerprint density at radius 1 is 1.30 bits per heavy atom. The molecule has 1 atom stereocenters. The minimum Gasteiger partial charge on any atom is -0.351 e. The molecule has 5 heteroatoms. The van der Waals surface area contributed by atoms with E-state index in [2.05, 4.69) is 48.4 Å². The molecule has 2 N–H and O–H groups in total. The number of nitrogens with one attached hydrogen (secondary N) is 2. The van der Waals surface area contributed by atoms with Gasteiger partial charge in [0.1, 0.15) is 0 Å². The van der Waals surface area contributed by atoms with Crippen molar-refractivity contribution in [1.82, 2.24) is 20.4 Å². The van der Waals surface area contributed by atoms with E-state index in [-0.39, 0.29) is 11.9 Å². The molecule has 1 saturated heterocycles. The van der Waals surface area contributed by atoms with Crippen molar-refractivity contribution in [3.8, 4) is 0 Å². The molecule has 0 bridgehead atoms. The molecule has 5 nitrogen and oxygen atoms in total. The summed E-state index contributed by atoms with van der Waals surface area (Å²) in [5, 5.41) is 6.57. The lowest BCUT2D eigenvalue weighted by Gasteiger charge is -2.26. The third-order valence-electron chi connectivity index (χ3n) is 3.51. The highest BCUT2D eigenvalue weighted by Crippen LogP contribution is 2.06. The van der Waals surface area contributed by atoms with Crippen LogP contribution < -0.4 is 10.6 Å². The summed E-state index contributed by atoms with van der Waals surface area (Å²) in [6.07, 6.45) is 2.16. The van der Waals surface area contributed by atoms with Crippen molar-refractivity contribution in [3.63, 3.8) is 0 Å². The molecule has 0 saturated carbocycles. The topological polar surface area (TPSA) is 47.6 Å². The summed E-state index contributed by atoms with van der Waals surface area (Å²) in [7, 11) is 4.11.